The van der Waals surface area contributed by atoms with Gasteiger partial charge in [0.25, 0.3) is 0 Å². The summed E-state index contributed by atoms with van der Waals surface area (Å²) in [6.07, 6.45) is 3.92. The van der Waals surface area contributed by atoms with Crippen LogP contribution in [-0.2, 0) is 13.6 Å². The molecule has 1 aromatic carbocycles. The number of nitrogens with zero attached hydrogens (tertiary/aromatic N) is 4. The summed E-state index contributed by atoms with van der Waals surface area (Å²) < 4.78 is 3.04. The summed E-state index contributed by atoms with van der Waals surface area (Å²) >= 11 is 1.75. The Bertz CT molecular complexity index is 898. The Balaban J connectivity index is 1.41. The Kier molecular flexibility index (Phi) is 4.63. The van der Waals surface area contributed by atoms with Crippen molar-refractivity contribution in [2.24, 2.45) is 7.05 Å². The molecule has 0 aliphatic carbocycles. The van der Waals surface area contributed by atoms with Crippen molar-refractivity contribution in [2.75, 3.05) is 13.1 Å². The van der Waals surface area contributed by atoms with E-state index >= 15 is 0 Å². The van der Waals surface area contributed by atoms with Crippen LogP contribution in [0.1, 0.15) is 35.0 Å². The van der Waals surface area contributed by atoms with Gasteiger partial charge in [0, 0.05) is 43.9 Å². The highest BCUT2D eigenvalue weighted by atomic mass is 32.1. The van der Waals surface area contributed by atoms with E-state index in [1.165, 1.54) is 4.70 Å². The monoisotopic (exact) mass is 369 g/mol. The van der Waals surface area contributed by atoms with Crippen molar-refractivity contribution in [1.82, 2.24) is 25.0 Å². The maximum absolute atomic E-state index is 12.6. The van der Waals surface area contributed by atoms with Crippen molar-refractivity contribution in [2.45, 2.75) is 32.2 Å². The molecular weight excluding hydrogens is 346 g/mol. The third-order valence-electron chi connectivity index (χ3n) is 5.14. The van der Waals surface area contributed by atoms with Crippen LogP contribution in [0.2, 0.25) is 0 Å². The number of aromatic nitrogens is 3. The Hall–Kier alpha value is -2.41. The van der Waals surface area contributed by atoms with E-state index in [9.17, 15) is 4.79 Å². The fraction of sp³-hybridized carbons (Fsp3) is 0.421. The van der Waals surface area contributed by atoms with Gasteiger partial charge in [-0.15, -0.1) is 11.3 Å². The Morgan fingerprint density at radius 2 is 2.23 bits per heavy atom. The number of thiazole rings is 1. The number of fused-ring (bicyclic) bond motifs is 1. The van der Waals surface area contributed by atoms with E-state index in [1.54, 1.807) is 11.3 Å². The Morgan fingerprint density at radius 1 is 1.38 bits per heavy atom. The lowest BCUT2D eigenvalue weighted by molar-refractivity contribution is 0.179. The first kappa shape index (κ1) is 17.0. The van der Waals surface area contributed by atoms with Crippen molar-refractivity contribution < 1.29 is 4.79 Å². The molecule has 0 saturated carbocycles. The average Bonchev–Trinajstić information content (AvgIpc) is 3.24. The zero-order valence-electron chi connectivity index (χ0n) is 15.1. The zero-order chi connectivity index (χ0) is 18.1. The molecule has 2 aromatic heterocycles. The maximum atomic E-state index is 12.6. The van der Waals surface area contributed by atoms with E-state index in [4.69, 9.17) is 4.98 Å². The van der Waals surface area contributed by atoms with Gasteiger partial charge in [0.05, 0.1) is 21.4 Å². The standard InChI is InChI=1S/C19H23N5OS/c1-13-15(11-21-23(13)2)10-20-19(25)24-9-5-6-14(12-24)18-22-16-7-3-4-8-17(16)26-18/h3-4,7-8,11,14H,5-6,9-10,12H2,1-2H3,(H,20,25)/t14-/m0/s1. The van der Waals surface area contributed by atoms with Crippen molar-refractivity contribution in [3.05, 3.63) is 46.7 Å². The van der Waals surface area contributed by atoms with Gasteiger partial charge in [0.15, 0.2) is 0 Å². The van der Waals surface area contributed by atoms with Crippen LogP contribution >= 0.6 is 11.3 Å². The minimum absolute atomic E-state index is 0.000867. The molecule has 2 amide bonds. The number of likely N-dealkylation sites (tertiary alicyclic amines) is 1. The number of para-hydroxylation sites is 1. The molecule has 0 unspecified atom stereocenters. The zero-order valence-corrected chi connectivity index (χ0v) is 15.9. The summed E-state index contributed by atoms with van der Waals surface area (Å²) in [5.41, 5.74) is 3.19. The number of rotatable bonds is 3. The summed E-state index contributed by atoms with van der Waals surface area (Å²) in [5, 5.41) is 8.41. The highest BCUT2D eigenvalue weighted by Gasteiger charge is 2.27. The number of urea groups is 1. The normalized spacial score (nSPS) is 17.6. The highest BCUT2D eigenvalue weighted by Crippen LogP contribution is 2.32. The number of aryl methyl sites for hydroxylation is 1. The summed E-state index contributed by atoms with van der Waals surface area (Å²) in [6.45, 7) is 4.07. The molecule has 26 heavy (non-hydrogen) atoms. The number of hydrogen-bond acceptors (Lipinski definition) is 4. The lowest BCUT2D eigenvalue weighted by atomic mass is 9.99. The number of carbonyl (C=O) groups is 1. The van der Waals surface area contributed by atoms with Crippen molar-refractivity contribution >= 4 is 27.6 Å². The Morgan fingerprint density at radius 3 is 3.00 bits per heavy atom. The van der Waals surface area contributed by atoms with Crippen LogP contribution in [-0.4, -0.2) is 38.8 Å². The van der Waals surface area contributed by atoms with Gasteiger partial charge in [0.1, 0.15) is 0 Å². The first-order valence-electron chi connectivity index (χ1n) is 8.97. The van der Waals surface area contributed by atoms with Gasteiger partial charge in [-0.3, -0.25) is 4.68 Å². The molecular formula is C19H23N5OS. The van der Waals surface area contributed by atoms with Crippen LogP contribution in [0.5, 0.6) is 0 Å². The Labute approximate surface area is 156 Å². The van der Waals surface area contributed by atoms with E-state index < -0.39 is 0 Å². The van der Waals surface area contributed by atoms with Crippen LogP contribution in [0.4, 0.5) is 4.79 Å². The lowest BCUT2D eigenvalue weighted by Crippen LogP contribution is -2.44. The molecule has 7 heteroatoms. The number of carbonyl (C=O) groups excluding carboxylic acids is 1. The third-order valence-corrected chi connectivity index (χ3v) is 6.33. The van der Waals surface area contributed by atoms with Gasteiger partial charge in [-0.1, -0.05) is 12.1 Å². The van der Waals surface area contributed by atoms with Gasteiger partial charge in [-0.25, -0.2) is 9.78 Å². The molecule has 1 saturated heterocycles. The number of hydrogen-bond donors (Lipinski definition) is 1. The fourth-order valence-corrected chi connectivity index (χ4v) is 4.52. The van der Waals surface area contributed by atoms with Gasteiger partial charge >= 0.3 is 6.03 Å². The van der Waals surface area contributed by atoms with Crippen molar-refractivity contribution in [3.63, 3.8) is 0 Å². The van der Waals surface area contributed by atoms with Gasteiger partial charge in [0.2, 0.25) is 0 Å². The molecule has 4 rings (SSSR count). The predicted octanol–water partition coefficient (Wildman–Crippen LogP) is 3.43. The highest BCUT2D eigenvalue weighted by molar-refractivity contribution is 7.18. The van der Waals surface area contributed by atoms with Crippen LogP contribution < -0.4 is 5.32 Å². The lowest BCUT2D eigenvalue weighted by Gasteiger charge is -2.31. The van der Waals surface area contributed by atoms with Crippen LogP contribution in [0.3, 0.4) is 0 Å². The van der Waals surface area contributed by atoms with Gasteiger partial charge in [-0.05, 0) is 31.9 Å². The quantitative estimate of drug-likeness (QED) is 0.769. The largest absolute Gasteiger partial charge is 0.334 e. The number of nitrogens with one attached hydrogen (secondary N) is 1. The average molecular weight is 369 g/mol. The van der Waals surface area contributed by atoms with Crippen molar-refractivity contribution in [3.8, 4) is 0 Å². The minimum atomic E-state index is -0.000867. The van der Waals surface area contributed by atoms with E-state index in [2.05, 4.69) is 22.5 Å². The summed E-state index contributed by atoms with van der Waals surface area (Å²) in [4.78, 5) is 19.3. The molecule has 1 aliphatic rings. The number of amides is 2. The second kappa shape index (κ2) is 7.07. The fourth-order valence-electron chi connectivity index (χ4n) is 3.43. The van der Waals surface area contributed by atoms with E-state index in [-0.39, 0.29) is 6.03 Å². The second-order valence-corrected chi connectivity index (χ2v) is 7.90. The van der Waals surface area contributed by atoms with E-state index in [1.807, 2.05) is 41.9 Å². The van der Waals surface area contributed by atoms with E-state index in [0.717, 1.165) is 47.7 Å². The second-order valence-electron chi connectivity index (χ2n) is 6.84. The number of piperidine rings is 1. The summed E-state index contributed by atoms with van der Waals surface area (Å²) in [5.74, 6) is 0.326. The first-order valence-corrected chi connectivity index (χ1v) is 9.79. The molecule has 1 fully saturated rings. The van der Waals surface area contributed by atoms with E-state index in [0.29, 0.717) is 12.5 Å². The van der Waals surface area contributed by atoms with Gasteiger partial charge in [-0.2, -0.15) is 5.10 Å². The SMILES string of the molecule is Cc1c(CNC(=O)N2CCC[C@H](c3nc4ccccc4s3)C2)cnn1C. The molecule has 136 valence electrons. The molecule has 0 radical (unpaired) electrons. The van der Waals surface area contributed by atoms with Gasteiger partial charge < -0.3 is 10.2 Å². The van der Waals surface area contributed by atoms with Crippen LogP contribution in [0, 0.1) is 6.92 Å². The summed E-state index contributed by atoms with van der Waals surface area (Å²) in [7, 11) is 1.91. The molecule has 1 N–H and O–H groups in total. The molecule has 1 aliphatic heterocycles. The molecule has 3 aromatic rings. The minimum Gasteiger partial charge on any atom is -0.334 e. The summed E-state index contributed by atoms with van der Waals surface area (Å²) in [6, 6.07) is 8.23. The maximum Gasteiger partial charge on any atom is 0.317 e. The smallest absolute Gasteiger partial charge is 0.317 e. The van der Waals surface area contributed by atoms with Crippen LogP contribution in [0.15, 0.2) is 30.5 Å². The van der Waals surface area contributed by atoms with Crippen LogP contribution in [0.25, 0.3) is 10.2 Å². The van der Waals surface area contributed by atoms with Crippen molar-refractivity contribution in [1.29, 1.82) is 0 Å². The third kappa shape index (κ3) is 3.31. The topological polar surface area (TPSA) is 63.1 Å². The molecule has 3 heterocycles. The molecule has 6 nitrogen and oxygen atoms in total. The molecule has 0 spiro atoms. The molecule has 1 atom stereocenters. The number of benzene rings is 1. The first-order chi connectivity index (χ1) is 12.6. The predicted molar refractivity (Wildman–Crippen MR) is 103 cm³/mol. The molecule has 0 bridgehead atoms.